The Morgan fingerprint density at radius 2 is 1.79 bits per heavy atom. The summed E-state index contributed by atoms with van der Waals surface area (Å²) in [5, 5.41) is 9.70. The predicted octanol–water partition coefficient (Wildman–Crippen LogP) is 5.46. The molecule has 1 aliphatic heterocycles. The van der Waals surface area contributed by atoms with Gasteiger partial charge in [0.2, 0.25) is 5.91 Å². The molecule has 1 aliphatic carbocycles. The van der Waals surface area contributed by atoms with Crippen molar-refractivity contribution < 1.29 is 9.53 Å². The summed E-state index contributed by atoms with van der Waals surface area (Å²) in [6, 6.07) is 18.2. The SMILES string of the molecule is COc1ccc(-n2c(SCC(=O)N3C[C@@]4(C)C[C@@H]3CC(C)(C)C4)nnc2-c2ccccc2)cc1. The highest BCUT2D eigenvalue weighted by Crippen LogP contribution is 2.52. The van der Waals surface area contributed by atoms with Gasteiger partial charge in [-0.25, -0.2) is 0 Å². The molecule has 34 heavy (non-hydrogen) atoms. The number of ether oxygens (including phenoxy) is 1. The number of fused-ring (bicyclic) bond motifs is 2. The maximum absolute atomic E-state index is 13.4. The molecule has 1 amide bonds. The van der Waals surface area contributed by atoms with Gasteiger partial charge in [0, 0.05) is 23.8 Å². The van der Waals surface area contributed by atoms with Crippen molar-refractivity contribution in [1.82, 2.24) is 19.7 Å². The molecule has 5 rings (SSSR count). The van der Waals surface area contributed by atoms with E-state index < -0.39 is 0 Å². The zero-order valence-corrected chi connectivity index (χ0v) is 21.1. The molecule has 1 aromatic heterocycles. The first-order valence-electron chi connectivity index (χ1n) is 11.8. The topological polar surface area (TPSA) is 60.2 Å². The molecule has 2 bridgehead atoms. The van der Waals surface area contributed by atoms with Gasteiger partial charge in [0.05, 0.1) is 12.9 Å². The fourth-order valence-electron chi connectivity index (χ4n) is 6.06. The van der Waals surface area contributed by atoms with Crippen LogP contribution in [-0.4, -0.2) is 51.0 Å². The van der Waals surface area contributed by atoms with Gasteiger partial charge in [-0.05, 0) is 54.4 Å². The molecule has 6 nitrogen and oxygen atoms in total. The summed E-state index contributed by atoms with van der Waals surface area (Å²) >= 11 is 1.46. The molecule has 7 heteroatoms. The van der Waals surface area contributed by atoms with E-state index in [1.807, 2.05) is 59.2 Å². The van der Waals surface area contributed by atoms with Gasteiger partial charge in [-0.2, -0.15) is 0 Å². The molecule has 0 N–H and O–H groups in total. The Morgan fingerprint density at radius 1 is 1.06 bits per heavy atom. The first-order valence-corrected chi connectivity index (χ1v) is 12.8. The number of carbonyl (C=O) groups excluding carboxylic acids is 1. The second kappa shape index (κ2) is 8.77. The fraction of sp³-hybridized carbons (Fsp3) is 0.444. The summed E-state index contributed by atoms with van der Waals surface area (Å²) in [7, 11) is 1.66. The van der Waals surface area contributed by atoms with Gasteiger partial charge in [-0.3, -0.25) is 9.36 Å². The van der Waals surface area contributed by atoms with Crippen LogP contribution in [0.4, 0.5) is 0 Å². The van der Waals surface area contributed by atoms with E-state index in [4.69, 9.17) is 4.74 Å². The number of carbonyl (C=O) groups is 1. The van der Waals surface area contributed by atoms with Crippen LogP contribution in [0.1, 0.15) is 40.0 Å². The molecule has 0 unspecified atom stereocenters. The van der Waals surface area contributed by atoms with E-state index in [9.17, 15) is 4.79 Å². The van der Waals surface area contributed by atoms with Crippen LogP contribution in [-0.2, 0) is 4.79 Å². The van der Waals surface area contributed by atoms with E-state index >= 15 is 0 Å². The van der Waals surface area contributed by atoms with Crippen molar-refractivity contribution in [3.8, 4) is 22.8 Å². The molecular formula is C27H32N4O2S. The third-order valence-electron chi connectivity index (χ3n) is 7.06. The summed E-state index contributed by atoms with van der Waals surface area (Å²) in [5.41, 5.74) is 2.44. The number of nitrogens with zero attached hydrogens (tertiary/aromatic N) is 4. The van der Waals surface area contributed by atoms with Gasteiger partial charge in [0.15, 0.2) is 11.0 Å². The number of amides is 1. The number of hydrogen-bond acceptors (Lipinski definition) is 5. The smallest absolute Gasteiger partial charge is 0.233 e. The number of likely N-dealkylation sites (tertiary alicyclic amines) is 1. The normalized spacial score (nSPS) is 23.2. The minimum Gasteiger partial charge on any atom is -0.497 e. The van der Waals surface area contributed by atoms with Crippen LogP contribution in [0.25, 0.3) is 17.1 Å². The molecule has 1 saturated carbocycles. The van der Waals surface area contributed by atoms with Crippen molar-refractivity contribution in [3.63, 3.8) is 0 Å². The molecule has 178 valence electrons. The third-order valence-corrected chi connectivity index (χ3v) is 7.97. The monoisotopic (exact) mass is 476 g/mol. The van der Waals surface area contributed by atoms with Crippen LogP contribution in [0.15, 0.2) is 59.8 Å². The van der Waals surface area contributed by atoms with Gasteiger partial charge in [-0.15, -0.1) is 10.2 Å². The number of hydrogen-bond donors (Lipinski definition) is 0. The molecule has 2 heterocycles. The molecular weight excluding hydrogens is 444 g/mol. The summed E-state index contributed by atoms with van der Waals surface area (Å²) < 4.78 is 7.36. The molecule has 2 aromatic carbocycles. The zero-order chi connectivity index (χ0) is 23.9. The van der Waals surface area contributed by atoms with E-state index in [0.29, 0.717) is 22.4 Å². The van der Waals surface area contributed by atoms with Crippen LogP contribution in [0.3, 0.4) is 0 Å². The Labute approximate surface area is 205 Å². The second-order valence-electron chi connectivity index (χ2n) is 10.7. The Morgan fingerprint density at radius 3 is 2.50 bits per heavy atom. The average molecular weight is 477 g/mol. The first-order chi connectivity index (χ1) is 16.3. The molecule has 3 aromatic rings. The lowest BCUT2D eigenvalue weighted by Crippen LogP contribution is -2.38. The van der Waals surface area contributed by atoms with Crippen molar-refractivity contribution in [3.05, 3.63) is 54.6 Å². The van der Waals surface area contributed by atoms with E-state index in [1.54, 1.807) is 7.11 Å². The van der Waals surface area contributed by atoms with Crippen molar-refractivity contribution >= 4 is 17.7 Å². The van der Waals surface area contributed by atoms with Gasteiger partial charge in [0.25, 0.3) is 0 Å². The van der Waals surface area contributed by atoms with Gasteiger partial charge < -0.3 is 9.64 Å². The third kappa shape index (κ3) is 4.45. The number of methoxy groups -OCH3 is 1. The summed E-state index contributed by atoms with van der Waals surface area (Å²) in [5.74, 6) is 2.10. The van der Waals surface area contributed by atoms with Crippen LogP contribution >= 0.6 is 11.8 Å². The quantitative estimate of drug-likeness (QED) is 0.442. The fourth-order valence-corrected chi connectivity index (χ4v) is 6.90. The highest BCUT2D eigenvalue weighted by atomic mass is 32.2. The molecule has 2 aliphatic rings. The highest BCUT2D eigenvalue weighted by Gasteiger charge is 2.50. The number of aromatic nitrogens is 3. The largest absolute Gasteiger partial charge is 0.497 e. The van der Waals surface area contributed by atoms with Crippen molar-refractivity contribution in [2.24, 2.45) is 10.8 Å². The summed E-state index contributed by atoms with van der Waals surface area (Å²) in [6.45, 7) is 7.87. The summed E-state index contributed by atoms with van der Waals surface area (Å²) in [6.07, 6.45) is 3.38. The molecule has 2 fully saturated rings. The molecule has 2 atom stereocenters. The molecule has 0 radical (unpaired) electrons. The lowest BCUT2D eigenvalue weighted by Gasteiger charge is -2.39. The van der Waals surface area contributed by atoms with E-state index in [0.717, 1.165) is 42.2 Å². The molecule has 0 spiro atoms. The van der Waals surface area contributed by atoms with Crippen LogP contribution < -0.4 is 4.74 Å². The Hall–Kier alpha value is -2.80. The minimum absolute atomic E-state index is 0.196. The Balaban J connectivity index is 1.40. The average Bonchev–Trinajstić information content (AvgIpc) is 3.35. The second-order valence-corrected chi connectivity index (χ2v) is 11.7. The van der Waals surface area contributed by atoms with Crippen molar-refractivity contribution in [2.75, 3.05) is 19.4 Å². The minimum atomic E-state index is 0.196. The number of thioether (sulfide) groups is 1. The number of benzene rings is 2. The van der Waals surface area contributed by atoms with E-state index in [2.05, 4.69) is 35.9 Å². The van der Waals surface area contributed by atoms with Gasteiger partial charge in [0.1, 0.15) is 5.75 Å². The summed E-state index contributed by atoms with van der Waals surface area (Å²) in [4.78, 5) is 15.5. The maximum atomic E-state index is 13.4. The lowest BCUT2D eigenvalue weighted by atomic mass is 9.65. The number of rotatable bonds is 6. The highest BCUT2D eigenvalue weighted by molar-refractivity contribution is 7.99. The van der Waals surface area contributed by atoms with Crippen molar-refractivity contribution in [1.29, 1.82) is 0 Å². The van der Waals surface area contributed by atoms with Gasteiger partial charge in [-0.1, -0.05) is 62.9 Å². The first kappa shape index (κ1) is 23.0. The van der Waals surface area contributed by atoms with Crippen LogP contribution in [0.5, 0.6) is 5.75 Å². The maximum Gasteiger partial charge on any atom is 0.233 e. The van der Waals surface area contributed by atoms with E-state index in [-0.39, 0.29) is 11.3 Å². The standard InChI is InChI=1S/C27H32N4O2S/c1-26(2)14-21-15-27(3,17-26)18-30(21)23(32)16-34-25-29-28-24(19-8-6-5-7-9-19)31(25)20-10-12-22(33-4)13-11-20/h5-13,21H,14-18H2,1-4H3/t21-,27-/m0/s1. The van der Waals surface area contributed by atoms with Crippen LogP contribution in [0, 0.1) is 10.8 Å². The zero-order valence-electron chi connectivity index (χ0n) is 20.3. The van der Waals surface area contributed by atoms with E-state index in [1.165, 1.54) is 18.2 Å². The Kier molecular flexibility index (Phi) is 5.92. The lowest BCUT2D eigenvalue weighted by molar-refractivity contribution is -0.129. The predicted molar refractivity (Wildman–Crippen MR) is 135 cm³/mol. The Bertz CT molecular complexity index is 1180. The van der Waals surface area contributed by atoms with Crippen molar-refractivity contribution in [2.45, 2.75) is 51.2 Å². The van der Waals surface area contributed by atoms with Crippen LogP contribution in [0.2, 0.25) is 0 Å². The molecule has 1 saturated heterocycles. The van der Waals surface area contributed by atoms with Gasteiger partial charge >= 0.3 is 0 Å².